The number of benzene rings is 2. The van der Waals surface area contributed by atoms with Crippen molar-refractivity contribution in [1.82, 2.24) is 9.97 Å². The van der Waals surface area contributed by atoms with Crippen LogP contribution in [0.1, 0.15) is 0 Å². The van der Waals surface area contributed by atoms with E-state index in [4.69, 9.17) is 4.74 Å². The van der Waals surface area contributed by atoms with Crippen LogP contribution in [0.15, 0.2) is 54.6 Å². The number of para-hydroxylation sites is 3. The van der Waals surface area contributed by atoms with Crippen molar-refractivity contribution in [2.45, 2.75) is 0 Å². The lowest BCUT2D eigenvalue weighted by molar-refractivity contribution is -0.120. The van der Waals surface area contributed by atoms with Crippen molar-refractivity contribution in [1.29, 1.82) is 0 Å². The fourth-order valence-electron chi connectivity index (χ4n) is 2.86. The molecular weight excluding hydrogens is 316 g/mol. The maximum absolute atomic E-state index is 12.7. The first-order chi connectivity index (χ1) is 12.2. The molecule has 1 aliphatic rings. The SMILES string of the molecule is CN1CCN(C(=O)COc2ccccc2)c2nc3ccccc3nc21. The molecule has 6 nitrogen and oxygen atoms in total. The molecule has 1 amide bonds. The number of rotatable bonds is 3. The highest BCUT2D eigenvalue weighted by molar-refractivity contribution is 5.98. The molecule has 4 rings (SSSR count). The summed E-state index contributed by atoms with van der Waals surface area (Å²) in [6.07, 6.45) is 0. The summed E-state index contributed by atoms with van der Waals surface area (Å²) in [4.78, 5) is 25.7. The number of hydrogen-bond donors (Lipinski definition) is 0. The molecular formula is C19H18N4O2. The zero-order chi connectivity index (χ0) is 17.2. The fraction of sp³-hybridized carbons (Fsp3) is 0.211. The standard InChI is InChI=1S/C19H18N4O2/c1-22-11-12-23(17(24)13-25-14-7-3-2-4-8-14)19-18(22)20-15-9-5-6-10-16(15)21-19/h2-10H,11-13H2,1H3. The van der Waals surface area contributed by atoms with Gasteiger partial charge in [-0.2, -0.15) is 0 Å². The average molecular weight is 334 g/mol. The summed E-state index contributed by atoms with van der Waals surface area (Å²) in [5, 5.41) is 0. The van der Waals surface area contributed by atoms with Crippen molar-refractivity contribution in [2.24, 2.45) is 0 Å². The normalized spacial score (nSPS) is 13.6. The number of carbonyl (C=O) groups excluding carboxylic acids is 1. The van der Waals surface area contributed by atoms with Gasteiger partial charge in [0.25, 0.3) is 5.91 Å². The van der Waals surface area contributed by atoms with E-state index in [-0.39, 0.29) is 12.5 Å². The van der Waals surface area contributed by atoms with Crippen LogP contribution in [0, 0.1) is 0 Å². The molecule has 2 heterocycles. The Kier molecular flexibility index (Phi) is 3.93. The van der Waals surface area contributed by atoms with Gasteiger partial charge in [-0.15, -0.1) is 0 Å². The molecule has 0 radical (unpaired) electrons. The largest absolute Gasteiger partial charge is 0.484 e. The first kappa shape index (κ1) is 15.4. The number of fused-ring (bicyclic) bond motifs is 2. The molecule has 6 heteroatoms. The van der Waals surface area contributed by atoms with Crippen molar-refractivity contribution in [3.8, 4) is 5.75 Å². The van der Waals surface area contributed by atoms with Gasteiger partial charge in [-0.3, -0.25) is 9.69 Å². The quantitative estimate of drug-likeness (QED) is 0.736. The molecule has 0 spiro atoms. The lowest BCUT2D eigenvalue weighted by atomic mass is 10.2. The topological polar surface area (TPSA) is 58.6 Å². The maximum atomic E-state index is 12.7. The third-order valence-corrected chi connectivity index (χ3v) is 4.22. The second-order valence-corrected chi connectivity index (χ2v) is 5.93. The van der Waals surface area contributed by atoms with E-state index < -0.39 is 0 Å². The highest BCUT2D eigenvalue weighted by Crippen LogP contribution is 2.30. The average Bonchev–Trinajstić information content (AvgIpc) is 2.66. The van der Waals surface area contributed by atoms with E-state index in [1.54, 1.807) is 4.90 Å². The molecule has 0 saturated heterocycles. The molecule has 0 saturated carbocycles. The van der Waals surface area contributed by atoms with Crippen LogP contribution < -0.4 is 14.5 Å². The molecule has 3 aromatic rings. The Labute approximate surface area is 145 Å². The van der Waals surface area contributed by atoms with Crippen molar-refractivity contribution in [2.75, 3.05) is 36.5 Å². The first-order valence-corrected chi connectivity index (χ1v) is 8.18. The van der Waals surface area contributed by atoms with E-state index in [0.29, 0.717) is 24.7 Å². The number of amides is 1. The summed E-state index contributed by atoms with van der Waals surface area (Å²) in [7, 11) is 1.96. The third-order valence-electron chi connectivity index (χ3n) is 4.22. The minimum Gasteiger partial charge on any atom is -0.484 e. The molecule has 0 N–H and O–H groups in total. The number of carbonyl (C=O) groups is 1. The Hall–Kier alpha value is -3.15. The Balaban J connectivity index is 1.62. The fourth-order valence-corrected chi connectivity index (χ4v) is 2.86. The van der Waals surface area contributed by atoms with Crippen LogP contribution in [0.4, 0.5) is 11.6 Å². The lowest BCUT2D eigenvalue weighted by Crippen LogP contribution is -2.45. The van der Waals surface area contributed by atoms with Crippen molar-refractivity contribution >= 4 is 28.6 Å². The highest BCUT2D eigenvalue weighted by atomic mass is 16.5. The van der Waals surface area contributed by atoms with Gasteiger partial charge in [-0.05, 0) is 24.3 Å². The van der Waals surface area contributed by atoms with Crippen LogP contribution in [-0.2, 0) is 4.79 Å². The van der Waals surface area contributed by atoms with Crippen molar-refractivity contribution < 1.29 is 9.53 Å². The molecule has 0 fully saturated rings. The number of anilines is 2. The summed E-state index contributed by atoms with van der Waals surface area (Å²) in [6, 6.07) is 17.0. The number of likely N-dealkylation sites (N-methyl/N-ethyl adjacent to an activating group) is 1. The van der Waals surface area contributed by atoms with Gasteiger partial charge in [0, 0.05) is 20.1 Å². The summed E-state index contributed by atoms with van der Waals surface area (Å²) >= 11 is 0. The zero-order valence-electron chi connectivity index (χ0n) is 13.9. The molecule has 0 bridgehead atoms. The van der Waals surface area contributed by atoms with Crippen LogP contribution in [0.2, 0.25) is 0 Å². The van der Waals surface area contributed by atoms with Gasteiger partial charge in [-0.25, -0.2) is 9.97 Å². The van der Waals surface area contributed by atoms with Gasteiger partial charge in [0.15, 0.2) is 18.2 Å². The molecule has 1 aromatic heterocycles. The molecule has 1 aliphatic heterocycles. The number of ether oxygens (including phenoxy) is 1. The van der Waals surface area contributed by atoms with E-state index >= 15 is 0 Å². The van der Waals surface area contributed by atoms with E-state index in [1.807, 2.05) is 66.5 Å². The summed E-state index contributed by atoms with van der Waals surface area (Å²) < 4.78 is 5.60. The second kappa shape index (κ2) is 6.39. The summed E-state index contributed by atoms with van der Waals surface area (Å²) in [5.74, 6) is 1.87. The maximum Gasteiger partial charge on any atom is 0.266 e. The molecule has 0 atom stereocenters. The van der Waals surface area contributed by atoms with Gasteiger partial charge >= 0.3 is 0 Å². The molecule has 0 aliphatic carbocycles. The van der Waals surface area contributed by atoms with Gasteiger partial charge in [0.2, 0.25) is 0 Å². The third kappa shape index (κ3) is 2.98. The zero-order valence-corrected chi connectivity index (χ0v) is 13.9. The molecule has 2 aromatic carbocycles. The van der Waals surface area contributed by atoms with Gasteiger partial charge in [-0.1, -0.05) is 30.3 Å². The highest BCUT2D eigenvalue weighted by Gasteiger charge is 2.28. The molecule has 25 heavy (non-hydrogen) atoms. The Morgan fingerprint density at radius 3 is 2.32 bits per heavy atom. The van der Waals surface area contributed by atoms with Crippen LogP contribution in [0.5, 0.6) is 5.75 Å². The van der Waals surface area contributed by atoms with E-state index in [2.05, 4.69) is 9.97 Å². The summed E-state index contributed by atoms with van der Waals surface area (Å²) in [6.45, 7) is 1.24. The predicted molar refractivity (Wildman–Crippen MR) is 97.1 cm³/mol. The van der Waals surface area contributed by atoms with Crippen molar-refractivity contribution in [3.63, 3.8) is 0 Å². The second-order valence-electron chi connectivity index (χ2n) is 5.93. The number of hydrogen-bond acceptors (Lipinski definition) is 5. The van der Waals surface area contributed by atoms with E-state index in [1.165, 1.54) is 0 Å². The Morgan fingerprint density at radius 1 is 0.960 bits per heavy atom. The van der Waals surface area contributed by atoms with Crippen LogP contribution in [0.3, 0.4) is 0 Å². The van der Waals surface area contributed by atoms with E-state index in [0.717, 1.165) is 16.9 Å². The Bertz CT molecular complexity index is 914. The van der Waals surface area contributed by atoms with Gasteiger partial charge in [0.05, 0.1) is 11.0 Å². The number of aromatic nitrogens is 2. The van der Waals surface area contributed by atoms with Gasteiger partial charge < -0.3 is 9.64 Å². The van der Waals surface area contributed by atoms with Crippen LogP contribution in [-0.4, -0.2) is 42.6 Å². The Morgan fingerprint density at radius 2 is 1.60 bits per heavy atom. The first-order valence-electron chi connectivity index (χ1n) is 8.18. The predicted octanol–water partition coefficient (Wildman–Crippen LogP) is 2.49. The van der Waals surface area contributed by atoms with Crippen LogP contribution in [0.25, 0.3) is 11.0 Å². The monoisotopic (exact) mass is 334 g/mol. The van der Waals surface area contributed by atoms with Gasteiger partial charge in [0.1, 0.15) is 5.75 Å². The molecule has 0 unspecified atom stereocenters. The molecule has 126 valence electrons. The minimum absolute atomic E-state index is 0.0261. The lowest BCUT2D eigenvalue weighted by Gasteiger charge is -2.33. The summed E-state index contributed by atoms with van der Waals surface area (Å²) in [5.41, 5.74) is 1.60. The number of nitrogens with zero attached hydrogens (tertiary/aromatic N) is 4. The van der Waals surface area contributed by atoms with Crippen molar-refractivity contribution in [3.05, 3.63) is 54.6 Å². The minimum atomic E-state index is -0.122. The van der Waals surface area contributed by atoms with E-state index in [9.17, 15) is 4.79 Å². The smallest absolute Gasteiger partial charge is 0.266 e. The van der Waals surface area contributed by atoms with Crippen LogP contribution >= 0.6 is 0 Å².